The van der Waals surface area contributed by atoms with E-state index in [1.807, 2.05) is 0 Å². The number of hydrogen-bond acceptors (Lipinski definition) is 6. The van der Waals surface area contributed by atoms with Gasteiger partial charge in [-0.2, -0.15) is 0 Å². The lowest BCUT2D eigenvalue weighted by Gasteiger charge is -2.07. The summed E-state index contributed by atoms with van der Waals surface area (Å²) in [6, 6.07) is 1.49. The van der Waals surface area contributed by atoms with E-state index >= 15 is 0 Å². The third-order valence-corrected chi connectivity index (χ3v) is 4.32. The summed E-state index contributed by atoms with van der Waals surface area (Å²) in [6.45, 7) is 0.987. The number of aromatic nitrogens is 4. The number of anilines is 1. The second-order valence-electron chi connectivity index (χ2n) is 4.63. The number of ether oxygens (including phenoxy) is 1. The molecule has 0 aromatic carbocycles. The molecule has 2 rings (SSSR count). The van der Waals surface area contributed by atoms with Gasteiger partial charge in [0.1, 0.15) is 0 Å². The summed E-state index contributed by atoms with van der Waals surface area (Å²) in [5.74, 6) is -0.0448. The molecule has 0 radical (unpaired) electrons. The number of amides is 1. The van der Waals surface area contributed by atoms with Gasteiger partial charge >= 0.3 is 5.69 Å². The standard InChI is InChI=1S/C13H15Cl2N5O3S/c1-23-4-2-3-20-12(22)18-19-13(20)24-7-10(21)17-11-9(15)5-8(14)6-16-11/h5-6H,2-4,7H2,1H3,(H,18,22)(H,16,17,21). The van der Waals surface area contributed by atoms with Crippen molar-refractivity contribution in [1.82, 2.24) is 19.7 Å². The zero-order valence-corrected chi connectivity index (χ0v) is 15.0. The molecule has 0 atom stereocenters. The normalized spacial score (nSPS) is 10.8. The fourth-order valence-electron chi connectivity index (χ4n) is 1.78. The maximum atomic E-state index is 12.0. The van der Waals surface area contributed by atoms with E-state index in [9.17, 15) is 9.59 Å². The Balaban J connectivity index is 1.93. The molecule has 0 aliphatic rings. The molecule has 0 aliphatic carbocycles. The predicted molar refractivity (Wildman–Crippen MR) is 93.0 cm³/mol. The largest absolute Gasteiger partial charge is 0.385 e. The van der Waals surface area contributed by atoms with Crippen molar-refractivity contribution in [3.05, 3.63) is 32.8 Å². The molecule has 8 nitrogen and oxygen atoms in total. The molecule has 24 heavy (non-hydrogen) atoms. The Labute approximate surface area is 151 Å². The third kappa shape index (κ3) is 5.23. The molecule has 0 spiro atoms. The number of carbonyl (C=O) groups is 1. The Hall–Kier alpha value is -1.55. The number of halogens is 2. The first-order valence-electron chi connectivity index (χ1n) is 6.89. The number of hydrogen-bond donors (Lipinski definition) is 2. The van der Waals surface area contributed by atoms with Crippen LogP contribution in [0.15, 0.2) is 22.2 Å². The average molecular weight is 392 g/mol. The molecule has 0 saturated carbocycles. The van der Waals surface area contributed by atoms with Crippen LogP contribution in [-0.4, -0.2) is 45.1 Å². The Morgan fingerprint density at radius 3 is 3.00 bits per heavy atom. The molecule has 2 heterocycles. The summed E-state index contributed by atoms with van der Waals surface area (Å²) in [7, 11) is 1.59. The van der Waals surface area contributed by atoms with Crippen LogP contribution in [0.1, 0.15) is 6.42 Å². The van der Waals surface area contributed by atoms with Crippen LogP contribution in [0.2, 0.25) is 10.0 Å². The van der Waals surface area contributed by atoms with Gasteiger partial charge in [-0.05, 0) is 12.5 Å². The van der Waals surface area contributed by atoms with E-state index < -0.39 is 0 Å². The molecule has 2 N–H and O–H groups in total. The third-order valence-electron chi connectivity index (χ3n) is 2.85. The fraction of sp³-hybridized carbons (Fsp3) is 0.385. The molecule has 0 unspecified atom stereocenters. The minimum absolute atomic E-state index is 0.0508. The van der Waals surface area contributed by atoms with Gasteiger partial charge in [-0.15, -0.1) is 5.10 Å². The van der Waals surface area contributed by atoms with Crippen molar-refractivity contribution >= 4 is 46.7 Å². The summed E-state index contributed by atoms with van der Waals surface area (Å²) in [5, 5.41) is 9.92. The molecule has 11 heteroatoms. The number of thioether (sulfide) groups is 1. The fourth-order valence-corrected chi connectivity index (χ4v) is 2.98. The van der Waals surface area contributed by atoms with E-state index in [1.165, 1.54) is 16.8 Å². The number of pyridine rings is 1. The van der Waals surface area contributed by atoms with Gasteiger partial charge in [-0.25, -0.2) is 14.9 Å². The van der Waals surface area contributed by atoms with Crippen molar-refractivity contribution < 1.29 is 9.53 Å². The number of nitrogens with one attached hydrogen (secondary N) is 2. The Kier molecular flexibility index (Phi) is 7.10. The molecule has 130 valence electrons. The molecule has 2 aromatic heterocycles. The summed E-state index contributed by atoms with van der Waals surface area (Å²) in [5.41, 5.74) is -0.323. The monoisotopic (exact) mass is 391 g/mol. The first-order valence-corrected chi connectivity index (χ1v) is 8.63. The van der Waals surface area contributed by atoms with E-state index in [4.69, 9.17) is 27.9 Å². The van der Waals surface area contributed by atoms with Crippen molar-refractivity contribution in [3.8, 4) is 0 Å². The minimum Gasteiger partial charge on any atom is -0.385 e. The second-order valence-corrected chi connectivity index (χ2v) is 6.42. The van der Waals surface area contributed by atoms with Gasteiger partial charge in [0.05, 0.1) is 15.8 Å². The van der Waals surface area contributed by atoms with Crippen molar-refractivity contribution in [2.45, 2.75) is 18.1 Å². The highest BCUT2D eigenvalue weighted by molar-refractivity contribution is 7.99. The number of methoxy groups -OCH3 is 1. The molecule has 0 fully saturated rings. The van der Waals surface area contributed by atoms with Crippen LogP contribution in [0, 0.1) is 0 Å². The van der Waals surface area contributed by atoms with Crippen LogP contribution in [0.5, 0.6) is 0 Å². The molecule has 2 aromatic rings. The molecule has 0 saturated heterocycles. The van der Waals surface area contributed by atoms with Crippen LogP contribution in [0.3, 0.4) is 0 Å². The zero-order valence-electron chi connectivity index (χ0n) is 12.7. The van der Waals surface area contributed by atoms with Crippen LogP contribution >= 0.6 is 35.0 Å². The van der Waals surface area contributed by atoms with E-state index in [2.05, 4.69) is 20.5 Å². The van der Waals surface area contributed by atoms with E-state index in [-0.39, 0.29) is 28.2 Å². The molecule has 0 bridgehead atoms. The van der Waals surface area contributed by atoms with Gasteiger partial charge in [0.2, 0.25) is 5.91 Å². The molecule has 0 aliphatic heterocycles. The van der Waals surface area contributed by atoms with Crippen molar-refractivity contribution in [2.75, 3.05) is 24.8 Å². The number of H-pyrrole nitrogens is 1. The molecule has 1 amide bonds. The topological polar surface area (TPSA) is 102 Å². The average Bonchev–Trinajstić information content (AvgIpc) is 2.89. The van der Waals surface area contributed by atoms with Gasteiger partial charge in [-0.3, -0.25) is 9.36 Å². The first-order chi connectivity index (χ1) is 11.5. The van der Waals surface area contributed by atoms with Gasteiger partial charge < -0.3 is 10.1 Å². The van der Waals surface area contributed by atoms with Crippen molar-refractivity contribution in [2.24, 2.45) is 0 Å². The molecular weight excluding hydrogens is 377 g/mol. The van der Waals surface area contributed by atoms with Crippen molar-refractivity contribution in [3.63, 3.8) is 0 Å². The van der Waals surface area contributed by atoms with Crippen LogP contribution in [0.25, 0.3) is 0 Å². The van der Waals surface area contributed by atoms with Gasteiger partial charge in [0, 0.05) is 26.5 Å². The lowest BCUT2D eigenvalue weighted by molar-refractivity contribution is -0.113. The summed E-state index contributed by atoms with van der Waals surface area (Å²) >= 11 is 12.8. The summed E-state index contributed by atoms with van der Waals surface area (Å²) in [4.78, 5) is 27.6. The Morgan fingerprint density at radius 1 is 1.50 bits per heavy atom. The van der Waals surface area contributed by atoms with Crippen LogP contribution in [-0.2, 0) is 16.1 Å². The number of aromatic amines is 1. The highest BCUT2D eigenvalue weighted by atomic mass is 35.5. The predicted octanol–water partition coefficient (Wildman–Crippen LogP) is 2.04. The van der Waals surface area contributed by atoms with Crippen molar-refractivity contribution in [1.29, 1.82) is 0 Å². The van der Waals surface area contributed by atoms with Gasteiger partial charge in [-0.1, -0.05) is 35.0 Å². The summed E-state index contributed by atoms with van der Waals surface area (Å²) in [6.07, 6.45) is 2.05. The second kappa shape index (κ2) is 9.07. The highest BCUT2D eigenvalue weighted by Gasteiger charge is 2.13. The number of nitrogens with zero attached hydrogens (tertiary/aromatic N) is 3. The lowest BCUT2D eigenvalue weighted by Crippen LogP contribution is -2.19. The van der Waals surface area contributed by atoms with E-state index in [1.54, 1.807) is 7.11 Å². The molecular formula is C13H15Cl2N5O3S. The maximum absolute atomic E-state index is 12.0. The smallest absolute Gasteiger partial charge is 0.343 e. The first kappa shape index (κ1) is 18.8. The Morgan fingerprint density at radius 2 is 2.29 bits per heavy atom. The quantitative estimate of drug-likeness (QED) is 0.527. The summed E-state index contributed by atoms with van der Waals surface area (Å²) < 4.78 is 6.42. The zero-order chi connectivity index (χ0) is 17.5. The number of rotatable bonds is 8. The van der Waals surface area contributed by atoms with E-state index in [0.29, 0.717) is 29.8 Å². The van der Waals surface area contributed by atoms with Crippen LogP contribution in [0.4, 0.5) is 5.82 Å². The maximum Gasteiger partial charge on any atom is 0.343 e. The van der Waals surface area contributed by atoms with Gasteiger partial charge in [0.25, 0.3) is 0 Å². The SMILES string of the molecule is COCCCn1c(SCC(=O)Nc2ncc(Cl)cc2Cl)n[nH]c1=O. The van der Waals surface area contributed by atoms with E-state index in [0.717, 1.165) is 11.8 Å². The van der Waals surface area contributed by atoms with Crippen LogP contribution < -0.4 is 11.0 Å². The number of carbonyl (C=O) groups excluding carboxylic acids is 1. The van der Waals surface area contributed by atoms with Gasteiger partial charge in [0.15, 0.2) is 11.0 Å². The highest BCUT2D eigenvalue weighted by Crippen LogP contribution is 2.23. The Bertz CT molecular complexity index is 764. The minimum atomic E-state index is -0.324. The lowest BCUT2D eigenvalue weighted by atomic mass is 10.4.